The molecule has 0 aliphatic heterocycles. The predicted octanol–water partition coefficient (Wildman–Crippen LogP) is 2.93. The number of pyridine rings is 2. The van der Waals surface area contributed by atoms with Crippen molar-refractivity contribution in [3.8, 4) is 0 Å². The van der Waals surface area contributed by atoms with Gasteiger partial charge in [0.1, 0.15) is 4.90 Å². The SMILES string of the molecule is CCCS(=O)(=O)N(C)c1ccc(CN(Cc2cccc(NOC(C)=O)n2)S(=O)(=O)c2cccnc2)cc1. The van der Waals surface area contributed by atoms with Gasteiger partial charge in [-0.2, -0.15) is 4.31 Å². The molecule has 0 aliphatic carbocycles. The molecule has 0 aliphatic rings. The number of hydrogen-bond donors (Lipinski definition) is 1. The maximum Gasteiger partial charge on any atom is 0.329 e. The Labute approximate surface area is 217 Å². The fourth-order valence-corrected chi connectivity index (χ4v) is 5.97. The van der Waals surface area contributed by atoms with Crippen LogP contribution < -0.4 is 9.79 Å². The first-order chi connectivity index (χ1) is 17.5. The van der Waals surface area contributed by atoms with Gasteiger partial charge in [-0.15, -0.1) is 0 Å². The zero-order valence-electron chi connectivity index (χ0n) is 20.7. The molecule has 0 spiro atoms. The van der Waals surface area contributed by atoms with Gasteiger partial charge in [-0.3, -0.25) is 14.1 Å². The van der Waals surface area contributed by atoms with Crippen molar-refractivity contribution < 1.29 is 26.5 Å². The van der Waals surface area contributed by atoms with E-state index >= 15 is 0 Å². The highest BCUT2D eigenvalue weighted by atomic mass is 32.2. The van der Waals surface area contributed by atoms with Crippen LogP contribution >= 0.6 is 0 Å². The van der Waals surface area contributed by atoms with E-state index in [-0.39, 0.29) is 29.6 Å². The Kier molecular flexibility index (Phi) is 9.18. The molecule has 2 heterocycles. The molecule has 13 heteroatoms. The first-order valence-corrected chi connectivity index (χ1v) is 14.4. The molecule has 37 heavy (non-hydrogen) atoms. The van der Waals surface area contributed by atoms with Crippen LogP contribution in [0.3, 0.4) is 0 Å². The summed E-state index contributed by atoms with van der Waals surface area (Å²) in [5.41, 5.74) is 3.95. The maximum atomic E-state index is 13.5. The second kappa shape index (κ2) is 12.1. The minimum atomic E-state index is -3.97. The molecule has 0 saturated heterocycles. The summed E-state index contributed by atoms with van der Waals surface area (Å²) in [5.74, 6) is -0.280. The zero-order valence-corrected chi connectivity index (χ0v) is 22.4. The maximum absolute atomic E-state index is 13.5. The van der Waals surface area contributed by atoms with E-state index in [1.165, 1.54) is 47.1 Å². The average molecular weight is 548 g/mol. The zero-order chi connectivity index (χ0) is 27.1. The quantitative estimate of drug-likeness (QED) is 0.339. The average Bonchev–Trinajstić information content (AvgIpc) is 2.88. The molecular weight excluding hydrogens is 518 g/mol. The number of nitrogens with one attached hydrogen (secondary N) is 1. The minimum absolute atomic E-state index is 0.00772. The number of nitrogens with zero attached hydrogens (tertiary/aromatic N) is 4. The second-order valence-electron chi connectivity index (χ2n) is 8.12. The van der Waals surface area contributed by atoms with Gasteiger partial charge in [-0.25, -0.2) is 27.3 Å². The lowest BCUT2D eigenvalue weighted by molar-refractivity contribution is -0.138. The number of carbonyl (C=O) groups is 1. The molecule has 0 amide bonds. The lowest BCUT2D eigenvalue weighted by Crippen LogP contribution is -2.31. The van der Waals surface area contributed by atoms with Crippen LogP contribution in [0.4, 0.5) is 11.5 Å². The monoisotopic (exact) mass is 547 g/mol. The Balaban J connectivity index is 1.89. The summed E-state index contributed by atoms with van der Waals surface area (Å²) >= 11 is 0. The Hall–Kier alpha value is -3.55. The molecule has 198 valence electrons. The van der Waals surface area contributed by atoms with Crippen molar-refractivity contribution in [3.05, 3.63) is 78.2 Å². The summed E-state index contributed by atoms with van der Waals surface area (Å²) in [6, 6.07) is 14.5. The number of aromatic nitrogens is 2. The molecule has 0 unspecified atom stereocenters. The topological polar surface area (TPSA) is 139 Å². The number of sulfonamides is 2. The second-order valence-corrected chi connectivity index (χ2v) is 12.2. The highest BCUT2D eigenvalue weighted by molar-refractivity contribution is 7.92. The van der Waals surface area contributed by atoms with Gasteiger partial charge in [-0.1, -0.05) is 25.1 Å². The molecule has 11 nitrogen and oxygen atoms in total. The van der Waals surface area contributed by atoms with Gasteiger partial charge < -0.3 is 4.84 Å². The molecule has 0 fully saturated rings. The molecule has 0 radical (unpaired) electrons. The third-order valence-corrected chi connectivity index (χ3v) is 9.00. The number of anilines is 2. The third-order valence-electron chi connectivity index (χ3n) is 5.25. The fourth-order valence-electron chi connectivity index (χ4n) is 3.37. The Morgan fingerprint density at radius 2 is 1.73 bits per heavy atom. The minimum Gasteiger partial charge on any atom is -0.342 e. The van der Waals surface area contributed by atoms with Crippen molar-refractivity contribution >= 4 is 37.5 Å². The molecule has 2 aromatic heterocycles. The van der Waals surface area contributed by atoms with Crippen LogP contribution in [-0.4, -0.2) is 49.9 Å². The Morgan fingerprint density at radius 3 is 2.35 bits per heavy atom. The van der Waals surface area contributed by atoms with E-state index < -0.39 is 26.0 Å². The summed E-state index contributed by atoms with van der Waals surface area (Å²) < 4.78 is 54.3. The van der Waals surface area contributed by atoms with E-state index in [0.717, 1.165) is 0 Å². The number of carbonyl (C=O) groups excluding carboxylic acids is 1. The van der Waals surface area contributed by atoms with Gasteiger partial charge in [0.05, 0.1) is 23.7 Å². The lowest BCUT2D eigenvalue weighted by atomic mass is 10.2. The van der Waals surface area contributed by atoms with Gasteiger partial charge in [0.15, 0.2) is 5.82 Å². The van der Waals surface area contributed by atoms with Crippen molar-refractivity contribution in [2.45, 2.75) is 38.3 Å². The van der Waals surface area contributed by atoms with Crippen molar-refractivity contribution in [1.82, 2.24) is 14.3 Å². The van der Waals surface area contributed by atoms with Crippen LogP contribution in [0.5, 0.6) is 0 Å². The van der Waals surface area contributed by atoms with E-state index in [1.807, 2.05) is 0 Å². The van der Waals surface area contributed by atoms with E-state index in [2.05, 4.69) is 15.4 Å². The van der Waals surface area contributed by atoms with Crippen molar-refractivity contribution in [3.63, 3.8) is 0 Å². The Morgan fingerprint density at radius 1 is 1.00 bits per heavy atom. The summed E-state index contributed by atoms with van der Waals surface area (Å²) in [5, 5.41) is 0. The summed E-state index contributed by atoms with van der Waals surface area (Å²) in [7, 11) is -5.93. The predicted molar refractivity (Wildman–Crippen MR) is 139 cm³/mol. The largest absolute Gasteiger partial charge is 0.342 e. The van der Waals surface area contributed by atoms with Gasteiger partial charge in [-0.05, 0) is 48.4 Å². The number of hydrogen-bond acceptors (Lipinski definition) is 9. The first-order valence-electron chi connectivity index (χ1n) is 11.4. The molecule has 3 aromatic rings. The van der Waals surface area contributed by atoms with Crippen LogP contribution in [0.1, 0.15) is 31.5 Å². The van der Waals surface area contributed by atoms with E-state index in [4.69, 9.17) is 4.84 Å². The highest BCUT2D eigenvalue weighted by Crippen LogP contribution is 2.23. The van der Waals surface area contributed by atoms with Crippen LogP contribution in [0, 0.1) is 0 Å². The van der Waals surface area contributed by atoms with E-state index in [1.54, 1.807) is 49.4 Å². The highest BCUT2D eigenvalue weighted by Gasteiger charge is 2.26. The van der Waals surface area contributed by atoms with Gasteiger partial charge in [0.25, 0.3) is 0 Å². The van der Waals surface area contributed by atoms with E-state index in [9.17, 15) is 21.6 Å². The van der Waals surface area contributed by atoms with Gasteiger partial charge in [0, 0.05) is 32.9 Å². The third kappa shape index (κ3) is 7.47. The smallest absolute Gasteiger partial charge is 0.329 e. The molecular formula is C24H29N5O6S2. The number of benzene rings is 1. The molecule has 0 atom stereocenters. The van der Waals surface area contributed by atoms with Gasteiger partial charge in [0.2, 0.25) is 20.0 Å². The van der Waals surface area contributed by atoms with Crippen molar-refractivity contribution in [2.24, 2.45) is 0 Å². The van der Waals surface area contributed by atoms with E-state index in [0.29, 0.717) is 23.4 Å². The van der Waals surface area contributed by atoms with Crippen LogP contribution in [0.25, 0.3) is 0 Å². The molecule has 1 aromatic carbocycles. The Bertz CT molecular complexity index is 1420. The van der Waals surface area contributed by atoms with Crippen molar-refractivity contribution in [1.29, 1.82) is 0 Å². The van der Waals surface area contributed by atoms with Gasteiger partial charge >= 0.3 is 5.97 Å². The molecule has 0 saturated carbocycles. The molecule has 1 N–H and O–H groups in total. The van der Waals surface area contributed by atoms with Crippen LogP contribution in [0.15, 0.2) is 71.9 Å². The lowest BCUT2D eigenvalue weighted by Gasteiger charge is -2.23. The van der Waals surface area contributed by atoms with Crippen LogP contribution in [-0.2, 0) is 42.8 Å². The molecule has 0 bridgehead atoms. The number of rotatable bonds is 12. The fraction of sp³-hybridized carbons (Fsp3) is 0.292. The first kappa shape index (κ1) is 28.0. The summed E-state index contributed by atoms with van der Waals surface area (Å²) in [6.07, 6.45) is 3.25. The summed E-state index contributed by atoms with van der Waals surface area (Å²) in [6.45, 7) is 2.94. The molecule has 3 rings (SSSR count). The standard InChI is InChI=1S/C24H29N5O6S2/c1-4-15-36(31,32)28(3)22-12-10-20(11-13-22)17-29(37(33,34)23-8-6-14-25-16-23)18-21-7-5-9-24(26-21)27-35-19(2)30/h5-14,16H,4,15,17-18H2,1-3H3,(H,26,27). The normalized spacial score (nSPS) is 11.8. The summed E-state index contributed by atoms with van der Waals surface area (Å²) in [4.78, 5) is 24.1. The van der Waals surface area contributed by atoms with Crippen molar-refractivity contribution in [2.75, 3.05) is 22.6 Å². The van der Waals surface area contributed by atoms with Crippen LogP contribution in [0.2, 0.25) is 0 Å².